The number of likely N-dealkylation sites (N-methyl/N-ethyl adjacent to an activating group) is 1. The van der Waals surface area contributed by atoms with Gasteiger partial charge in [-0.3, -0.25) is 0 Å². The number of aliphatic hydroxyl groups excluding tert-OH is 1. The van der Waals surface area contributed by atoms with Crippen LogP contribution in [0.3, 0.4) is 0 Å². The van der Waals surface area contributed by atoms with E-state index in [4.69, 9.17) is 22.1 Å². The molecule has 0 radical (unpaired) electrons. The number of ether oxygens (including phenoxy) is 1. The first kappa shape index (κ1) is 12.7. The number of benzene rings is 1. The molecule has 0 bridgehead atoms. The van der Waals surface area contributed by atoms with Gasteiger partial charge >= 0.3 is 0 Å². The molecule has 0 aromatic heterocycles. The molecule has 2 N–H and O–H groups in total. The Morgan fingerprint density at radius 1 is 1.56 bits per heavy atom. The van der Waals surface area contributed by atoms with Crippen molar-refractivity contribution in [3.8, 4) is 5.75 Å². The largest absolute Gasteiger partial charge is 0.497 e. The Balaban J connectivity index is 2.61. The van der Waals surface area contributed by atoms with E-state index in [0.717, 1.165) is 11.4 Å². The van der Waals surface area contributed by atoms with Gasteiger partial charge in [0.05, 0.1) is 13.7 Å². The van der Waals surface area contributed by atoms with Gasteiger partial charge in [-0.2, -0.15) is 0 Å². The topological polar surface area (TPSA) is 44.7 Å². The third kappa shape index (κ3) is 3.67. The molecule has 0 saturated heterocycles. The lowest BCUT2D eigenvalue weighted by Crippen LogP contribution is -2.33. The van der Waals surface area contributed by atoms with Crippen LogP contribution in [0.4, 0.5) is 5.69 Å². The average molecular weight is 240 g/mol. The van der Waals surface area contributed by atoms with Gasteiger partial charge in [-0.05, 0) is 24.4 Å². The number of hydrogen-bond donors (Lipinski definition) is 2. The quantitative estimate of drug-likeness (QED) is 0.777. The van der Waals surface area contributed by atoms with E-state index in [9.17, 15) is 0 Å². The summed E-state index contributed by atoms with van der Waals surface area (Å²) < 4.78 is 5.11. The van der Waals surface area contributed by atoms with Crippen molar-refractivity contribution in [2.75, 3.05) is 32.6 Å². The number of nitrogens with one attached hydrogen (secondary N) is 1. The molecule has 0 atom stereocenters. The Kier molecular flexibility index (Phi) is 5.01. The Labute approximate surface area is 101 Å². The molecule has 16 heavy (non-hydrogen) atoms. The maximum atomic E-state index is 8.78. The lowest BCUT2D eigenvalue weighted by atomic mass is 10.3. The second-order valence-electron chi connectivity index (χ2n) is 3.31. The summed E-state index contributed by atoms with van der Waals surface area (Å²) in [6.45, 7) is 0.590. The van der Waals surface area contributed by atoms with E-state index in [-0.39, 0.29) is 6.61 Å². The van der Waals surface area contributed by atoms with Crippen LogP contribution in [-0.2, 0) is 0 Å². The van der Waals surface area contributed by atoms with E-state index in [1.807, 2.05) is 31.3 Å². The molecule has 88 valence electrons. The van der Waals surface area contributed by atoms with Gasteiger partial charge in [0.25, 0.3) is 0 Å². The van der Waals surface area contributed by atoms with Crippen molar-refractivity contribution in [3.63, 3.8) is 0 Å². The maximum Gasteiger partial charge on any atom is 0.173 e. The van der Waals surface area contributed by atoms with Gasteiger partial charge in [-0.15, -0.1) is 0 Å². The van der Waals surface area contributed by atoms with E-state index in [2.05, 4.69) is 5.32 Å². The zero-order chi connectivity index (χ0) is 12.0. The van der Waals surface area contributed by atoms with Crippen molar-refractivity contribution in [2.24, 2.45) is 0 Å². The first-order valence-electron chi connectivity index (χ1n) is 4.94. The van der Waals surface area contributed by atoms with E-state index in [1.54, 1.807) is 12.0 Å². The van der Waals surface area contributed by atoms with Gasteiger partial charge in [0.1, 0.15) is 5.75 Å². The molecule has 0 heterocycles. The molecule has 1 aromatic rings. The average Bonchev–Trinajstić information content (AvgIpc) is 2.29. The first-order chi connectivity index (χ1) is 7.67. The zero-order valence-electron chi connectivity index (χ0n) is 9.43. The van der Waals surface area contributed by atoms with E-state index in [1.165, 1.54) is 0 Å². The van der Waals surface area contributed by atoms with Gasteiger partial charge < -0.3 is 20.1 Å². The van der Waals surface area contributed by atoms with E-state index >= 15 is 0 Å². The molecule has 0 amide bonds. The second kappa shape index (κ2) is 6.30. The van der Waals surface area contributed by atoms with E-state index < -0.39 is 0 Å². The summed E-state index contributed by atoms with van der Waals surface area (Å²) in [6.07, 6.45) is 0. The summed E-state index contributed by atoms with van der Waals surface area (Å²) in [4.78, 5) is 1.77. The molecule has 0 aliphatic rings. The monoisotopic (exact) mass is 240 g/mol. The first-order valence-corrected chi connectivity index (χ1v) is 5.35. The standard InChI is InChI=1S/C11H16N2O2S/c1-13(6-7-14)11(16)12-9-4-3-5-10(8-9)15-2/h3-5,8,14H,6-7H2,1-2H3,(H,12,16). The fourth-order valence-electron chi connectivity index (χ4n) is 1.17. The van der Waals surface area contributed by atoms with Crippen LogP contribution in [0, 0.1) is 0 Å². The molecule has 1 rings (SSSR count). The number of methoxy groups -OCH3 is 1. The van der Waals surface area contributed by atoms with Crippen molar-refractivity contribution in [1.29, 1.82) is 0 Å². The highest BCUT2D eigenvalue weighted by atomic mass is 32.1. The molecule has 0 aliphatic carbocycles. The summed E-state index contributed by atoms with van der Waals surface area (Å²) in [5, 5.41) is 12.4. The zero-order valence-corrected chi connectivity index (χ0v) is 10.3. The van der Waals surface area contributed by atoms with Crippen molar-refractivity contribution >= 4 is 23.0 Å². The normalized spacial score (nSPS) is 9.69. The predicted octanol–water partition coefficient (Wildman–Crippen LogP) is 1.32. The van der Waals surface area contributed by atoms with Crippen LogP contribution in [0.15, 0.2) is 24.3 Å². The van der Waals surface area contributed by atoms with Crippen LogP contribution in [0.25, 0.3) is 0 Å². The SMILES string of the molecule is COc1cccc(NC(=S)N(C)CCO)c1. The summed E-state index contributed by atoms with van der Waals surface area (Å²) in [5.74, 6) is 0.776. The number of aliphatic hydroxyl groups is 1. The Hall–Kier alpha value is -1.33. The van der Waals surface area contributed by atoms with Gasteiger partial charge in [0, 0.05) is 25.3 Å². The third-order valence-corrected chi connectivity index (χ3v) is 2.52. The van der Waals surface area contributed by atoms with Gasteiger partial charge in [0.2, 0.25) is 0 Å². The fraction of sp³-hybridized carbons (Fsp3) is 0.364. The lowest BCUT2D eigenvalue weighted by Gasteiger charge is -2.19. The van der Waals surface area contributed by atoms with Crippen molar-refractivity contribution in [2.45, 2.75) is 0 Å². The smallest absolute Gasteiger partial charge is 0.173 e. The van der Waals surface area contributed by atoms with Gasteiger partial charge in [0.15, 0.2) is 5.11 Å². The molecule has 4 nitrogen and oxygen atoms in total. The fourth-order valence-corrected chi connectivity index (χ4v) is 1.38. The van der Waals surface area contributed by atoms with Crippen LogP contribution in [-0.4, -0.2) is 42.4 Å². The number of thiocarbonyl (C=S) groups is 1. The maximum absolute atomic E-state index is 8.78. The number of nitrogens with zero attached hydrogens (tertiary/aromatic N) is 1. The molecule has 0 fully saturated rings. The Morgan fingerprint density at radius 2 is 2.31 bits per heavy atom. The minimum atomic E-state index is 0.0798. The summed E-state index contributed by atoms with van der Waals surface area (Å²) in [5.41, 5.74) is 0.870. The molecule has 0 unspecified atom stereocenters. The van der Waals surface area contributed by atoms with Crippen molar-refractivity contribution in [1.82, 2.24) is 4.90 Å². The van der Waals surface area contributed by atoms with Crippen molar-refractivity contribution < 1.29 is 9.84 Å². The highest BCUT2D eigenvalue weighted by Gasteiger charge is 2.03. The highest BCUT2D eigenvalue weighted by molar-refractivity contribution is 7.80. The molecule has 5 heteroatoms. The van der Waals surface area contributed by atoms with E-state index in [0.29, 0.717) is 11.7 Å². The number of hydrogen-bond acceptors (Lipinski definition) is 3. The highest BCUT2D eigenvalue weighted by Crippen LogP contribution is 2.16. The van der Waals surface area contributed by atoms with Crippen LogP contribution < -0.4 is 10.1 Å². The second-order valence-corrected chi connectivity index (χ2v) is 3.69. The van der Waals surface area contributed by atoms with Crippen LogP contribution in [0.2, 0.25) is 0 Å². The van der Waals surface area contributed by atoms with Crippen LogP contribution >= 0.6 is 12.2 Å². The molecular weight excluding hydrogens is 224 g/mol. The number of rotatable bonds is 4. The minimum Gasteiger partial charge on any atom is -0.497 e. The van der Waals surface area contributed by atoms with Crippen molar-refractivity contribution in [3.05, 3.63) is 24.3 Å². The summed E-state index contributed by atoms with van der Waals surface area (Å²) >= 11 is 5.17. The lowest BCUT2D eigenvalue weighted by molar-refractivity contribution is 0.265. The van der Waals surface area contributed by atoms with Crippen LogP contribution in [0.1, 0.15) is 0 Å². The molecule has 0 spiro atoms. The third-order valence-electron chi connectivity index (χ3n) is 2.10. The van der Waals surface area contributed by atoms with Crippen LogP contribution in [0.5, 0.6) is 5.75 Å². The summed E-state index contributed by atoms with van der Waals surface area (Å²) in [7, 11) is 3.45. The summed E-state index contributed by atoms with van der Waals surface area (Å²) in [6, 6.07) is 7.52. The Bertz CT molecular complexity index is 358. The predicted molar refractivity (Wildman–Crippen MR) is 68.9 cm³/mol. The number of anilines is 1. The van der Waals surface area contributed by atoms with Gasteiger partial charge in [-0.1, -0.05) is 6.07 Å². The Morgan fingerprint density at radius 3 is 2.94 bits per heavy atom. The molecule has 0 saturated carbocycles. The molecule has 1 aromatic carbocycles. The molecular formula is C11H16N2O2S. The minimum absolute atomic E-state index is 0.0798. The van der Waals surface area contributed by atoms with Gasteiger partial charge in [-0.25, -0.2) is 0 Å². The molecule has 0 aliphatic heterocycles.